The van der Waals surface area contributed by atoms with Crippen LogP contribution in [0.1, 0.15) is 6.42 Å². The topological polar surface area (TPSA) is 43.4 Å². The van der Waals surface area contributed by atoms with E-state index in [1.807, 2.05) is 0 Å². The van der Waals surface area contributed by atoms with Crippen LogP contribution in [0.5, 0.6) is 0 Å². The highest BCUT2D eigenvalue weighted by molar-refractivity contribution is 7.87. The minimum absolute atomic E-state index is 0.0567. The Labute approximate surface area is 52.7 Å². The van der Waals surface area contributed by atoms with Gasteiger partial charge in [-0.2, -0.15) is 8.42 Å². The van der Waals surface area contributed by atoms with Crippen molar-refractivity contribution in [1.29, 1.82) is 0 Å². The average Bonchev–Trinajstić information content (AvgIpc) is 1.82. The third kappa shape index (κ3) is 1.34. The molecule has 0 radical (unpaired) electrons. The van der Waals surface area contributed by atoms with E-state index in [0.717, 1.165) is 0 Å². The van der Waals surface area contributed by atoms with E-state index in [2.05, 4.69) is 4.18 Å². The van der Waals surface area contributed by atoms with Crippen LogP contribution in [0.3, 0.4) is 0 Å². The van der Waals surface area contributed by atoms with E-state index < -0.39 is 15.7 Å². The van der Waals surface area contributed by atoms with Crippen LogP contribution in [0.4, 0.5) is 0 Å². The largest absolute Gasteiger partial charge is 0.268 e. The third-order valence-electron chi connectivity index (χ3n) is 0.846. The van der Waals surface area contributed by atoms with Crippen LogP contribution in [0, 0.1) is 0 Å². The Kier molecular flexibility index (Phi) is 1.47. The molecule has 1 heterocycles. The summed E-state index contributed by atoms with van der Waals surface area (Å²) in [5, 5.41) is 0. The summed E-state index contributed by atoms with van der Waals surface area (Å²) in [6, 6.07) is 0. The molecule has 0 saturated carbocycles. The highest BCUT2D eigenvalue weighted by Gasteiger charge is 2.26. The second-order valence-corrected chi connectivity index (χ2v) is 3.76. The minimum atomic E-state index is -3.23. The molecule has 0 aromatic rings. The molecule has 1 fully saturated rings. The summed E-state index contributed by atoms with van der Waals surface area (Å²) in [6.07, 6.45) is 0.407. The zero-order valence-electron chi connectivity index (χ0n) is 4.00. The van der Waals surface area contributed by atoms with E-state index in [1.165, 1.54) is 0 Å². The maximum Gasteiger partial charge on any atom is 0.268 e. The molecule has 1 unspecified atom stereocenters. The Balaban J connectivity index is 2.71. The molecule has 48 valence electrons. The van der Waals surface area contributed by atoms with Gasteiger partial charge < -0.3 is 0 Å². The molecule has 0 spiro atoms. The van der Waals surface area contributed by atoms with E-state index in [1.54, 1.807) is 0 Å². The van der Waals surface area contributed by atoms with Crippen molar-refractivity contribution in [3.05, 3.63) is 0 Å². The maximum atomic E-state index is 10.3. The Morgan fingerprint density at radius 2 is 2.25 bits per heavy atom. The third-order valence-corrected chi connectivity index (χ3v) is 2.52. The van der Waals surface area contributed by atoms with Crippen LogP contribution in [0.15, 0.2) is 0 Å². The van der Waals surface area contributed by atoms with Crippen LogP contribution < -0.4 is 0 Å². The first-order valence-corrected chi connectivity index (χ1v) is 4.16. The van der Waals surface area contributed by atoms with Crippen LogP contribution in [0.25, 0.3) is 0 Å². The molecule has 0 aliphatic carbocycles. The maximum absolute atomic E-state index is 10.3. The van der Waals surface area contributed by atoms with Crippen molar-refractivity contribution in [3.63, 3.8) is 0 Å². The Morgan fingerprint density at radius 3 is 2.38 bits per heavy atom. The highest BCUT2D eigenvalue weighted by Crippen LogP contribution is 2.17. The lowest BCUT2D eigenvalue weighted by atomic mass is 10.5. The van der Waals surface area contributed by atoms with Gasteiger partial charge in [0.25, 0.3) is 10.1 Å². The van der Waals surface area contributed by atoms with Crippen molar-refractivity contribution in [3.8, 4) is 0 Å². The van der Waals surface area contributed by atoms with E-state index in [4.69, 9.17) is 11.6 Å². The number of hydrogen-bond acceptors (Lipinski definition) is 3. The normalized spacial score (nSPS) is 35.4. The number of alkyl halides is 1. The van der Waals surface area contributed by atoms with Gasteiger partial charge in [0.2, 0.25) is 0 Å². The fraction of sp³-hybridized carbons (Fsp3) is 1.00. The summed E-state index contributed by atoms with van der Waals surface area (Å²) >= 11 is 5.30. The van der Waals surface area contributed by atoms with Gasteiger partial charge in [0.15, 0.2) is 5.56 Å². The first kappa shape index (κ1) is 6.32. The molecule has 0 bridgehead atoms. The average molecular weight is 157 g/mol. The van der Waals surface area contributed by atoms with Crippen molar-refractivity contribution in [2.45, 2.75) is 12.0 Å². The molecule has 0 aromatic heterocycles. The zero-order chi connectivity index (χ0) is 6.20. The summed E-state index contributed by atoms with van der Waals surface area (Å²) < 4.78 is 25.0. The summed E-state index contributed by atoms with van der Waals surface area (Å²) in [5.41, 5.74) is -0.625. The van der Waals surface area contributed by atoms with Crippen molar-refractivity contribution in [1.82, 2.24) is 0 Å². The van der Waals surface area contributed by atoms with Gasteiger partial charge in [0.05, 0.1) is 5.75 Å². The second kappa shape index (κ2) is 1.86. The summed E-state index contributed by atoms with van der Waals surface area (Å²) in [7, 11) is -3.23. The van der Waals surface area contributed by atoms with Gasteiger partial charge in [0.1, 0.15) is 0 Å². The van der Waals surface area contributed by atoms with Gasteiger partial charge in [-0.1, -0.05) is 11.6 Å². The molecule has 0 aromatic carbocycles. The molecule has 1 saturated heterocycles. The van der Waals surface area contributed by atoms with Gasteiger partial charge >= 0.3 is 0 Å². The van der Waals surface area contributed by atoms with Crippen molar-refractivity contribution in [2.75, 3.05) is 5.75 Å². The van der Waals surface area contributed by atoms with Crippen LogP contribution in [-0.2, 0) is 14.3 Å². The molecule has 5 heteroatoms. The minimum Gasteiger partial charge on any atom is -0.250 e. The first-order valence-electron chi connectivity index (χ1n) is 2.15. The molecular formula is C3H5ClO3S. The second-order valence-electron chi connectivity index (χ2n) is 1.56. The Bertz CT molecular complexity index is 173. The van der Waals surface area contributed by atoms with Crippen molar-refractivity contribution >= 4 is 21.7 Å². The van der Waals surface area contributed by atoms with Gasteiger partial charge in [-0.15, -0.1) is 0 Å². The number of hydrogen-bond donors (Lipinski definition) is 0. The van der Waals surface area contributed by atoms with Crippen molar-refractivity contribution < 1.29 is 12.6 Å². The fourth-order valence-corrected chi connectivity index (χ4v) is 2.08. The van der Waals surface area contributed by atoms with E-state index >= 15 is 0 Å². The molecule has 1 aliphatic rings. The Hall–Kier alpha value is 0.200. The predicted octanol–water partition coefficient (Wildman–Crippen LogP) is 0.301. The van der Waals surface area contributed by atoms with Gasteiger partial charge in [0, 0.05) is 6.42 Å². The molecular weight excluding hydrogens is 152 g/mol. The molecule has 0 N–H and O–H groups in total. The standard InChI is InChI=1S/C3H5ClO3S/c4-3-1-2-8(5,6)7-3/h3H,1-2H2. The predicted molar refractivity (Wildman–Crippen MR) is 29.1 cm³/mol. The van der Waals surface area contributed by atoms with E-state index in [-0.39, 0.29) is 5.75 Å². The molecule has 1 atom stereocenters. The molecule has 8 heavy (non-hydrogen) atoms. The fourth-order valence-electron chi connectivity index (χ4n) is 0.492. The highest BCUT2D eigenvalue weighted by atomic mass is 35.5. The van der Waals surface area contributed by atoms with Gasteiger partial charge in [-0.25, -0.2) is 0 Å². The van der Waals surface area contributed by atoms with Gasteiger partial charge in [-0.05, 0) is 0 Å². The van der Waals surface area contributed by atoms with Crippen molar-refractivity contribution in [2.24, 2.45) is 0 Å². The lowest BCUT2D eigenvalue weighted by Crippen LogP contribution is -1.99. The molecule has 0 amide bonds. The van der Waals surface area contributed by atoms with Crippen LogP contribution >= 0.6 is 11.6 Å². The molecule has 3 nitrogen and oxygen atoms in total. The lowest BCUT2D eigenvalue weighted by Gasteiger charge is -1.91. The van der Waals surface area contributed by atoms with Crippen LogP contribution in [-0.4, -0.2) is 19.7 Å². The number of halogens is 1. The van der Waals surface area contributed by atoms with Crippen LogP contribution in [0.2, 0.25) is 0 Å². The first-order chi connectivity index (χ1) is 3.60. The summed E-state index contributed by atoms with van der Waals surface area (Å²) in [4.78, 5) is 0. The monoisotopic (exact) mass is 156 g/mol. The molecule has 1 rings (SSSR count). The number of rotatable bonds is 0. The SMILES string of the molecule is O=S1(=O)CCC(Cl)O1. The Morgan fingerprint density at radius 1 is 1.62 bits per heavy atom. The van der Waals surface area contributed by atoms with Gasteiger partial charge in [-0.3, -0.25) is 4.18 Å². The van der Waals surface area contributed by atoms with E-state index in [9.17, 15) is 8.42 Å². The quantitative estimate of drug-likeness (QED) is 0.374. The molecule has 1 aliphatic heterocycles. The summed E-state index contributed by atoms with van der Waals surface area (Å²) in [6.45, 7) is 0. The zero-order valence-corrected chi connectivity index (χ0v) is 5.57. The summed E-state index contributed by atoms with van der Waals surface area (Å²) in [5.74, 6) is 0.0567. The van der Waals surface area contributed by atoms with E-state index in [0.29, 0.717) is 6.42 Å². The smallest absolute Gasteiger partial charge is 0.250 e. The lowest BCUT2D eigenvalue weighted by molar-refractivity contribution is 0.317.